The van der Waals surface area contributed by atoms with Crippen molar-refractivity contribution in [1.29, 1.82) is 0 Å². The van der Waals surface area contributed by atoms with Crippen molar-refractivity contribution < 1.29 is 14.3 Å². The summed E-state index contributed by atoms with van der Waals surface area (Å²) in [6.07, 6.45) is 0.918. The molecule has 20 heavy (non-hydrogen) atoms. The topological polar surface area (TPSA) is 46.6 Å². The van der Waals surface area contributed by atoms with Gasteiger partial charge in [-0.2, -0.15) is 0 Å². The van der Waals surface area contributed by atoms with Crippen LogP contribution < -0.4 is 0 Å². The smallest absolute Gasteiger partial charge is 0.315 e. The lowest BCUT2D eigenvalue weighted by Gasteiger charge is -2.16. The summed E-state index contributed by atoms with van der Waals surface area (Å²) in [7, 11) is 1.39. The monoisotopic (exact) mass is 357 g/mol. The van der Waals surface area contributed by atoms with Crippen LogP contribution in [-0.2, 0) is 9.53 Å². The van der Waals surface area contributed by atoms with E-state index in [1.807, 2.05) is 29.2 Å². The number of thioether (sulfide) groups is 1. The molecule has 1 aliphatic rings. The van der Waals surface area contributed by atoms with Crippen LogP contribution in [0.25, 0.3) is 0 Å². The lowest BCUT2D eigenvalue weighted by atomic mass is 10.2. The highest BCUT2D eigenvalue weighted by atomic mass is 79.9. The van der Waals surface area contributed by atoms with Gasteiger partial charge in [-0.3, -0.25) is 9.59 Å². The number of esters is 1. The fourth-order valence-electron chi connectivity index (χ4n) is 2.10. The van der Waals surface area contributed by atoms with Crippen molar-refractivity contribution >= 4 is 39.6 Å². The van der Waals surface area contributed by atoms with Crippen molar-refractivity contribution in [3.8, 4) is 0 Å². The van der Waals surface area contributed by atoms with Crippen LogP contribution in [0.3, 0.4) is 0 Å². The summed E-state index contributed by atoms with van der Waals surface area (Å²) in [5.74, 6) is 0.180. The van der Waals surface area contributed by atoms with Crippen LogP contribution in [0.1, 0.15) is 16.8 Å². The van der Waals surface area contributed by atoms with Gasteiger partial charge in [0.1, 0.15) is 0 Å². The average molecular weight is 358 g/mol. The van der Waals surface area contributed by atoms with E-state index in [2.05, 4.69) is 20.7 Å². The Balaban J connectivity index is 1.89. The number of methoxy groups -OCH3 is 1. The molecule has 1 aromatic rings. The van der Waals surface area contributed by atoms with Crippen LogP contribution in [0.15, 0.2) is 28.7 Å². The normalized spacial score (nSPS) is 18.1. The Morgan fingerprint density at radius 3 is 3.00 bits per heavy atom. The third-order valence-corrected chi connectivity index (χ3v) is 4.92. The second-order valence-electron chi connectivity index (χ2n) is 4.56. The number of nitrogens with zero attached hydrogens (tertiary/aromatic N) is 1. The highest BCUT2D eigenvalue weighted by molar-refractivity contribution is 9.10. The first-order valence-corrected chi connectivity index (χ1v) is 8.17. The van der Waals surface area contributed by atoms with Crippen LogP contribution in [0.2, 0.25) is 0 Å². The number of halogens is 1. The van der Waals surface area contributed by atoms with Crippen LogP contribution in [-0.4, -0.2) is 48.0 Å². The third kappa shape index (κ3) is 3.99. The van der Waals surface area contributed by atoms with Gasteiger partial charge in [-0.15, -0.1) is 11.8 Å². The molecule has 0 bridgehead atoms. The van der Waals surface area contributed by atoms with E-state index in [1.165, 1.54) is 7.11 Å². The third-order valence-electron chi connectivity index (χ3n) is 3.17. The molecule has 1 heterocycles. The molecule has 1 atom stereocenters. The lowest BCUT2D eigenvalue weighted by molar-refractivity contribution is -0.137. The second-order valence-corrected chi connectivity index (χ2v) is 6.76. The molecule has 4 nitrogen and oxygen atoms in total. The predicted molar refractivity (Wildman–Crippen MR) is 82.9 cm³/mol. The molecule has 6 heteroatoms. The summed E-state index contributed by atoms with van der Waals surface area (Å²) < 4.78 is 5.52. The zero-order valence-corrected chi connectivity index (χ0v) is 13.6. The molecule has 1 aromatic carbocycles. The van der Waals surface area contributed by atoms with E-state index in [4.69, 9.17) is 0 Å². The maximum atomic E-state index is 12.3. The molecule has 0 N–H and O–H groups in total. The largest absolute Gasteiger partial charge is 0.468 e. The van der Waals surface area contributed by atoms with Crippen molar-refractivity contribution in [2.24, 2.45) is 0 Å². The van der Waals surface area contributed by atoms with Gasteiger partial charge in [0.25, 0.3) is 5.91 Å². The van der Waals surface area contributed by atoms with Gasteiger partial charge in [-0.1, -0.05) is 22.0 Å². The fourth-order valence-corrected chi connectivity index (χ4v) is 3.54. The van der Waals surface area contributed by atoms with Gasteiger partial charge in [0.2, 0.25) is 0 Å². The van der Waals surface area contributed by atoms with Gasteiger partial charge in [-0.25, -0.2) is 0 Å². The Labute approximate surface area is 131 Å². The minimum Gasteiger partial charge on any atom is -0.468 e. The number of hydrogen-bond donors (Lipinski definition) is 0. The Bertz CT molecular complexity index is 509. The van der Waals surface area contributed by atoms with Crippen molar-refractivity contribution in [3.05, 3.63) is 34.3 Å². The number of carbonyl (C=O) groups excluding carboxylic acids is 2. The Kier molecular flexibility index (Phi) is 5.48. The molecule has 1 saturated heterocycles. The van der Waals surface area contributed by atoms with E-state index in [0.717, 1.165) is 17.4 Å². The molecule has 0 spiro atoms. The molecule has 0 aromatic heterocycles. The number of carbonyl (C=O) groups is 2. The fraction of sp³-hybridized carbons (Fsp3) is 0.429. The molecule has 2 rings (SSSR count). The second kappa shape index (κ2) is 7.13. The molecule has 1 amide bonds. The highest BCUT2D eigenvalue weighted by Crippen LogP contribution is 2.24. The zero-order chi connectivity index (χ0) is 14.5. The maximum Gasteiger partial charge on any atom is 0.315 e. The SMILES string of the molecule is COC(=O)CS[C@H]1CCN(C(=O)c2cccc(Br)c2)C1. The van der Waals surface area contributed by atoms with E-state index >= 15 is 0 Å². The summed E-state index contributed by atoms with van der Waals surface area (Å²) >= 11 is 4.93. The molecule has 1 fully saturated rings. The first kappa shape index (κ1) is 15.4. The quantitative estimate of drug-likeness (QED) is 0.777. The standard InChI is InChI=1S/C14H16BrNO3S/c1-19-13(17)9-20-12-5-6-16(8-12)14(18)10-3-2-4-11(15)7-10/h2-4,7,12H,5-6,8-9H2,1H3/t12-/m0/s1. The summed E-state index contributed by atoms with van der Waals surface area (Å²) in [6.45, 7) is 1.43. The predicted octanol–water partition coefficient (Wildman–Crippen LogP) is 2.57. The molecule has 0 radical (unpaired) electrons. The molecular formula is C14H16BrNO3S. The van der Waals surface area contributed by atoms with Crippen LogP contribution >= 0.6 is 27.7 Å². The minimum absolute atomic E-state index is 0.0486. The van der Waals surface area contributed by atoms with Gasteiger partial charge in [0, 0.05) is 28.4 Å². The van der Waals surface area contributed by atoms with Gasteiger partial charge in [0.05, 0.1) is 12.9 Å². The van der Waals surface area contributed by atoms with E-state index in [9.17, 15) is 9.59 Å². The molecule has 1 aliphatic heterocycles. The van der Waals surface area contributed by atoms with E-state index < -0.39 is 0 Å². The minimum atomic E-state index is -0.216. The van der Waals surface area contributed by atoms with Crippen LogP contribution in [0.5, 0.6) is 0 Å². The highest BCUT2D eigenvalue weighted by Gasteiger charge is 2.27. The van der Waals surface area contributed by atoms with Crippen LogP contribution in [0.4, 0.5) is 0 Å². The summed E-state index contributed by atoms with van der Waals surface area (Å²) in [5, 5.41) is 0.310. The molecule has 0 aliphatic carbocycles. The zero-order valence-electron chi connectivity index (χ0n) is 11.2. The van der Waals surface area contributed by atoms with E-state index in [0.29, 0.717) is 23.1 Å². The Morgan fingerprint density at radius 2 is 2.30 bits per heavy atom. The van der Waals surface area contributed by atoms with E-state index in [-0.39, 0.29) is 11.9 Å². The molecule has 0 unspecified atom stereocenters. The number of amides is 1. The summed E-state index contributed by atoms with van der Waals surface area (Å²) in [5.41, 5.74) is 0.693. The average Bonchev–Trinajstić information content (AvgIpc) is 2.92. The molecule has 0 saturated carbocycles. The van der Waals surface area contributed by atoms with Crippen molar-refractivity contribution in [2.45, 2.75) is 11.7 Å². The van der Waals surface area contributed by atoms with Crippen LogP contribution in [0, 0.1) is 0 Å². The number of likely N-dealkylation sites (tertiary alicyclic amines) is 1. The Hall–Kier alpha value is -1.01. The van der Waals surface area contributed by atoms with E-state index in [1.54, 1.807) is 11.8 Å². The molecular weight excluding hydrogens is 342 g/mol. The summed E-state index contributed by atoms with van der Waals surface area (Å²) in [6, 6.07) is 7.41. The first-order chi connectivity index (χ1) is 9.60. The Morgan fingerprint density at radius 1 is 1.50 bits per heavy atom. The van der Waals surface area contributed by atoms with Gasteiger partial charge >= 0.3 is 5.97 Å². The van der Waals surface area contributed by atoms with Crippen molar-refractivity contribution in [3.63, 3.8) is 0 Å². The number of ether oxygens (including phenoxy) is 1. The van der Waals surface area contributed by atoms with Gasteiger partial charge < -0.3 is 9.64 Å². The lowest BCUT2D eigenvalue weighted by Crippen LogP contribution is -2.29. The number of hydrogen-bond acceptors (Lipinski definition) is 4. The molecule has 108 valence electrons. The number of benzene rings is 1. The number of rotatable bonds is 4. The van der Waals surface area contributed by atoms with Crippen molar-refractivity contribution in [2.75, 3.05) is 26.0 Å². The summed E-state index contributed by atoms with van der Waals surface area (Å²) in [4.78, 5) is 25.3. The van der Waals surface area contributed by atoms with Crippen molar-refractivity contribution in [1.82, 2.24) is 4.90 Å². The maximum absolute atomic E-state index is 12.3. The van der Waals surface area contributed by atoms with Gasteiger partial charge in [-0.05, 0) is 24.6 Å². The first-order valence-electron chi connectivity index (χ1n) is 6.33. The van der Waals surface area contributed by atoms with Gasteiger partial charge in [0.15, 0.2) is 0 Å².